The van der Waals surface area contributed by atoms with Crippen molar-refractivity contribution in [2.45, 2.75) is 25.5 Å². The number of ether oxygens (including phenoxy) is 1. The lowest BCUT2D eigenvalue weighted by atomic mass is 10.1. The molecule has 0 saturated carbocycles. The second-order valence-corrected chi connectivity index (χ2v) is 5.95. The summed E-state index contributed by atoms with van der Waals surface area (Å²) in [4.78, 5) is 25.9. The van der Waals surface area contributed by atoms with Crippen LogP contribution in [0.5, 0.6) is 0 Å². The second kappa shape index (κ2) is 5.63. The molecule has 23 heavy (non-hydrogen) atoms. The van der Waals surface area contributed by atoms with Gasteiger partial charge in [0.1, 0.15) is 0 Å². The molecule has 2 aromatic carbocycles. The quantitative estimate of drug-likeness (QED) is 0.731. The molecule has 1 aliphatic rings. The zero-order valence-electron chi connectivity index (χ0n) is 12.7. The maximum absolute atomic E-state index is 13.0. The van der Waals surface area contributed by atoms with E-state index in [0.29, 0.717) is 23.9 Å². The van der Waals surface area contributed by atoms with Crippen LogP contribution in [0.1, 0.15) is 12.8 Å². The number of aromatic nitrogens is 1. The minimum atomic E-state index is -0.239. The Morgan fingerprint density at radius 1 is 0.870 bits per heavy atom. The predicted molar refractivity (Wildman–Crippen MR) is 91.0 cm³/mol. The average molecular weight is 307 g/mol. The maximum Gasteiger partial charge on any atom is 0.261 e. The molecule has 4 heteroatoms. The van der Waals surface area contributed by atoms with Crippen LogP contribution in [0, 0.1) is 0 Å². The standard InChI is InChI=1S/C19H17NO3/c21-18-16-9-3-1-7-14(16)15-8-2-4-10-17(15)19(22)20(18)12-13-6-5-11-23-13/h1-4,7-10,13H,5-6,11-12H2/t13-/m0/s1. The largest absolute Gasteiger partial charge is 0.376 e. The van der Waals surface area contributed by atoms with Crippen LogP contribution >= 0.6 is 0 Å². The Morgan fingerprint density at radius 2 is 1.39 bits per heavy atom. The van der Waals surface area contributed by atoms with E-state index in [4.69, 9.17) is 4.74 Å². The number of nitrogens with zero attached hydrogens (tertiary/aromatic N) is 1. The lowest BCUT2D eigenvalue weighted by Gasteiger charge is -2.09. The van der Waals surface area contributed by atoms with Crippen LogP contribution in [0.15, 0.2) is 58.1 Å². The van der Waals surface area contributed by atoms with Crippen LogP contribution in [-0.4, -0.2) is 17.3 Å². The van der Waals surface area contributed by atoms with Gasteiger partial charge < -0.3 is 4.74 Å². The molecule has 2 heterocycles. The highest BCUT2D eigenvalue weighted by molar-refractivity contribution is 6.05. The fourth-order valence-electron chi connectivity index (χ4n) is 3.35. The molecule has 1 atom stereocenters. The third-order valence-corrected chi connectivity index (χ3v) is 4.51. The molecule has 0 radical (unpaired) electrons. The molecule has 4 rings (SSSR count). The number of hydrogen-bond acceptors (Lipinski definition) is 3. The van der Waals surface area contributed by atoms with Gasteiger partial charge in [-0.3, -0.25) is 14.2 Å². The van der Waals surface area contributed by atoms with Crippen LogP contribution in [0.25, 0.3) is 21.5 Å². The third-order valence-electron chi connectivity index (χ3n) is 4.51. The molecule has 0 aliphatic carbocycles. The van der Waals surface area contributed by atoms with Crippen molar-refractivity contribution in [1.82, 2.24) is 4.57 Å². The topological polar surface area (TPSA) is 48.3 Å². The SMILES string of the molecule is O=c1c2ccccc2c2ccccc2c(=O)n1C[C@@H]1CCCO1. The zero-order valence-corrected chi connectivity index (χ0v) is 12.7. The lowest BCUT2D eigenvalue weighted by molar-refractivity contribution is 0.0957. The van der Waals surface area contributed by atoms with Crippen molar-refractivity contribution in [3.05, 3.63) is 69.2 Å². The first-order valence-electron chi connectivity index (χ1n) is 7.92. The van der Waals surface area contributed by atoms with Gasteiger partial charge in [-0.2, -0.15) is 0 Å². The van der Waals surface area contributed by atoms with E-state index in [9.17, 15) is 9.59 Å². The zero-order chi connectivity index (χ0) is 15.8. The summed E-state index contributed by atoms with van der Waals surface area (Å²) in [5.41, 5.74) is -0.477. The van der Waals surface area contributed by atoms with Gasteiger partial charge >= 0.3 is 0 Å². The molecule has 116 valence electrons. The van der Waals surface area contributed by atoms with Gasteiger partial charge in [0.2, 0.25) is 0 Å². The van der Waals surface area contributed by atoms with Crippen molar-refractivity contribution in [3.63, 3.8) is 0 Å². The monoisotopic (exact) mass is 307 g/mol. The Morgan fingerprint density at radius 3 is 1.87 bits per heavy atom. The lowest BCUT2D eigenvalue weighted by Crippen LogP contribution is -2.34. The predicted octanol–water partition coefficient (Wildman–Crippen LogP) is 2.69. The van der Waals surface area contributed by atoms with Gasteiger partial charge in [-0.15, -0.1) is 0 Å². The van der Waals surface area contributed by atoms with Crippen LogP contribution in [-0.2, 0) is 11.3 Å². The average Bonchev–Trinajstić information content (AvgIpc) is 3.09. The smallest absolute Gasteiger partial charge is 0.261 e. The van der Waals surface area contributed by atoms with Gasteiger partial charge in [-0.05, 0) is 35.7 Å². The molecule has 1 aliphatic heterocycles. The highest BCUT2D eigenvalue weighted by atomic mass is 16.5. The molecule has 0 N–H and O–H groups in total. The van der Waals surface area contributed by atoms with E-state index in [-0.39, 0.29) is 17.2 Å². The van der Waals surface area contributed by atoms with Crippen LogP contribution < -0.4 is 11.1 Å². The van der Waals surface area contributed by atoms with Gasteiger partial charge in [-0.25, -0.2) is 0 Å². The third kappa shape index (κ3) is 2.35. The fourth-order valence-corrected chi connectivity index (χ4v) is 3.35. The number of rotatable bonds is 2. The first-order valence-corrected chi connectivity index (χ1v) is 7.92. The van der Waals surface area contributed by atoms with Gasteiger partial charge in [0.05, 0.1) is 12.6 Å². The molecule has 1 aromatic heterocycles. The molecule has 4 nitrogen and oxygen atoms in total. The summed E-state index contributed by atoms with van der Waals surface area (Å²) in [7, 11) is 0. The molecule has 1 saturated heterocycles. The van der Waals surface area contributed by atoms with Gasteiger partial charge in [0, 0.05) is 17.4 Å². The Balaban J connectivity index is 2.12. The molecule has 0 spiro atoms. The summed E-state index contributed by atoms with van der Waals surface area (Å²) in [6.45, 7) is 1.02. The summed E-state index contributed by atoms with van der Waals surface area (Å²) < 4.78 is 6.97. The maximum atomic E-state index is 13.0. The van der Waals surface area contributed by atoms with Crippen molar-refractivity contribution in [3.8, 4) is 0 Å². The van der Waals surface area contributed by atoms with Crippen molar-refractivity contribution in [2.75, 3.05) is 6.61 Å². The molecular formula is C19H17NO3. The first kappa shape index (κ1) is 14.2. The minimum Gasteiger partial charge on any atom is -0.376 e. The van der Waals surface area contributed by atoms with E-state index in [2.05, 4.69) is 0 Å². The summed E-state index contributed by atoms with van der Waals surface area (Å²) >= 11 is 0. The van der Waals surface area contributed by atoms with E-state index in [1.54, 1.807) is 12.1 Å². The normalized spacial score (nSPS) is 17.8. The number of hydrogen-bond donors (Lipinski definition) is 0. The highest BCUT2D eigenvalue weighted by Gasteiger charge is 2.19. The van der Waals surface area contributed by atoms with E-state index in [0.717, 1.165) is 23.6 Å². The van der Waals surface area contributed by atoms with Crippen LogP contribution in [0.4, 0.5) is 0 Å². The molecular weight excluding hydrogens is 290 g/mol. The van der Waals surface area contributed by atoms with E-state index in [1.807, 2.05) is 36.4 Å². The summed E-state index contributed by atoms with van der Waals surface area (Å²) in [5, 5.41) is 2.78. The molecule has 0 bridgehead atoms. The van der Waals surface area contributed by atoms with E-state index >= 15 is 0 Å². The number of benzene rings is 2. The number of fused-ring (bicyclic) bond motifs is 3. The Hall–Kier alpha value is -2.46. The molecule has 1 fully saturated rings. The van der Waals surface area contributed by atoms with E-state index < -0.39 is 0 Å². The van der Waals surface area contributed by atoms with Gasteiger partial charge in [0.15, 0.2) is 0 Å². The van der Waals surface area contributed by atoms with Crippen molar-refractivity contribution in [1.29, 1.82) is 0 Å². The fraction of sp³-hybridized carbons (Fsp3) is 0.263. The van der Waals surface area contributed by atoms with Gasteiger partial charge in [-0.1, -0.05) is 36.4 Å². The second-order valence-electron chi connectivity index (χ2n) is 5.95. The molecule has 3 aromatic rings. The summed E-state index contributed by atoms with van der Waals surface area (Å²) in [5.74, 6) is 0. The van der Waals surface area contributed by atoms with E-state index in [1.165, 1.54) is 4.57 Å². The Kier molecular flexibility index (Phi) is 3.46. The van der Waals surface area contributed by atoms with Gasteiger partial charge in [0.25, 0.3) is 11.1 Å². The van der Waals surface area contributed by atoms with Crippen LogP contribution in [0.3, 0.4) is 0 Å². The van der Waals surface area contributed by atoms with Crippen molar-refractivity contribution >= 4 is 21.5 Å². The molecule has 0 unspecified atom stereocenters. The minimum absolute atomic E-state index is 0.0553. The van der Waals surface area contributed by atoms with Crippen LogP contribution in [0.2, 0.25) is 0 Å². The Labute approximate surface area is 132 Å². The van der Waals surface area contributed by atoms with Crippen molar-refractivity contribution in [2.24, 2.45) is 0 Å². The Bertz CT molecular complexity index is 928. The first-order chi connectivity index (χ1) is 11.3. The summed E-state index contributed by atoms with van der Waals surface area (Å²) in [6, 6.07) is 14.8. The summed E-state index contributed by atoms with van der Waals surface area (Å²) in [6.07, 6.45) is 1.81. The highest BCUT2D eigenvalue weighted by Crippen LogP contribution is 2.20. The molecule has 0 amide bonds. The van der Waals surface area contributed by atoms with Crippen molar-refractivity contribution < 1.29 is 4.74 Å².